The summed E-state index contributed by atoms with van der Waals surface area (Å²) < 4.78 is 0. The van der Waals surface area contributed by atoms with Gasteiger partial charge < -0.3 is 22.6 Å². The molecule has 40 heavy (non-hydrogen) atoms. The molecule has 2 nitrogen and oxygen atoms in total. The molecule has 0 heterocycles. The number of phenols is 2. The van der Waals surface area contributed by atoms with Gasteiger partial charge in [-0.1, -0.05) is 86.7 Å². The molecule has 0 radical (unpaired) electrons. The van der Waals surface area contributed by atoms with Gasteiger partial charge in [0.05, 0.1) is 6.16 Å². The third-order valence-corrected chi connectivity index (χ3v) is 12.7. The first-order valence-electron chi connectivity index (χ1n) is 14.6. The maximum Gasteiger partial charge on any atom is 0.122 e. The summed E-state index contributed by atoms with van der Waals surface area (Å²) in [5, 5.41) is 24.9. The van der Waals surface area contributed by atoms with E-state index in [0.29, 0.717) is 11.5 Å². The maximum atomic E-state index is 10.4. The molecule has 0 saturated carbocycles. The highest BCUT2D eigenvalue weighted by Gasteiger charge is 2.44. The van der Waals surface area contributed by atoms with Gasteiger partial charge in [-0.3, -0.25) is 0 Å². The second kappa shape index (κ2) is 15.8. The average molecular weight is 575 g/mol. The molecule has 4 aromatic rings. The molecule has 0 saturated heterocycles. The Hall–Kier alpha value is -2.80. The molecule has 0 aliphatic heterocycles. The molecule has 4 rings (SSSR count). The van der Waals surface area contributed by atoms with E-state index < -0.39 is 7.26 Å². The molecule has 212 valence electrons. The Morgan fingerprint density at radius 2 is 0.925 bits per heavy atom. The molecule has 0 atom stereocenters. The second-order valence-corrected chi connectivity index (χ2v) is 14.4. The molecular weight excluding hydrogens is 531 g/mol. The minimum Gasteiger partial charge on any atom is -1.00 e. The molecule has 2 N–H and O–H groups in total. The van der Waals surface area contributed by atoms with Crippen LogP contribution in [0.15, 0.2) is 97.1 Å². The van der Waals surface area contributed by atoms with Crippen molar-refractivity contribution in [3.8, 4) is 11.5 Å². The van der Waals surface area contributed by atoms with Crippen molar-refractivity contribution in [2.75, 3.05) is 6.16 Å². The first kappa shape index (κ1) is 31.7. The fraction of sp³-hybridized carbons (Fsp3) is 0.333. The van der Waals surface area contributed by atoms with Crippen LogP contribution in [0.25, 0.3) is 0 Å². The molecule has 0 aliphatic rings. The lowest BCUT2D eigenvalue weighted by atomic mass is 9.98. The highest BCUT2D eigenvalue weighted by molar-refractivity contribution is 7.95. The zero-order chi connectivity index (χ0) is 27.5. The lowest BCUT2D eigenvalue weighted by molar-refractivity contribution is -0.00000981. The molecule has 0 bridgehead atoms. The van der Waals surface area contributed by atoms with E-state index >= 15 is 0 Å². The minimum absolute atomic E-state index is 0. The third kappa shape index (κ3) is 7.68. The molecule has 0 amide bonds. The van der Waals surface area contributed by atoms with Crippen molar-refractivity contribution in [1.82, 2.24) is 0 Å². The van der Waals surface area contributed by atoms with Crippen LogP contribution in [0.1, 0.15) is 68.1 Å². The van der Waals surface area contributed by atoms with Crippen LogP contribution < -0.4 is 28.3 Å². The number of halogens is 1. The highest BCUT2D eigenvalue weighted by atomic mass is 35.5. The lowest BCUT2D eigenvalue weighted by Crippen LogP contribution is -3.00. The van der Waals surface area contributed by atoms with Crippen molar-refractivity contribution in [1.29, 1.82) is 0 Å². The van der Waals surface area contributed by atoms with Crippen LogP contribution in [0.5, 0.6) is 11.5 Å². The van der Waals surface area contributed by atoms with E-state index in [1.165, 1.54) is 60.6 Å². The van der Waals surface area contributed by atoms with Crippen molar-refractivity contribution in [3.05, 3.63) is 114 Å². The van der Waals surface area contributed by atoms with Gasteiger partial charge in [0.15, 0.2) is 0 Å². The normalized spacial score (nSPS) is 11.2. The largest absolute Gasteiger partial charge is 1.00 e. The summed E-state index contributed by atoms with van der Waals surface area (Å²) in [7, 11) is -1.71. The smallest absolute Gasteiger partial charge is 0.122 e. The number of phenolic OH excluding ortho intramolecular Hbond substituents is 2. The van der Waals surface area contributed by atoms with E-state index in [-0.39, 0.29) is 12.4 Å². The van der Waals surface area contributed by atoms with E-state index in [1.807, 2.05) is 13.8 Å². The summed E-state index contributed by atoms with van der Waals surface area (Å²) in [6.45, 7) is 3.72. The van der Waals surface area contributed by atoms with E-state index in [4.69, 9.17) is 0 Å². The quantitative estimate of drug-likeness (QED) is 0.121. The Labute approximate surface area is 248 Å². The van der Waals surface area contributed by atoms with E-state index in [9.17, 15) is 10.2 Å². The first-order chi connectivity index (χ1) is 19.0. The molecule has 0 spiro atoms. The Kier molecular flexibility index (Phi) is 12.6. The van der Waals surface area contributed by atoms with Gasteiger partial charge in [-0.15, -0.1) is 0 Å². The predicted molar refractivity (Wildman–Crippen MR) is 170 cm³/mol. The van der Waals surface area contributed by atoms with Crippen molar-refractivity contribution in [2.45, 2.75) is 71.6 Å². The molecule has 0 aromatic heterocycles. The van der Waals surface area contributed by atoms with Crippen LogP contribution in [0.2, 0.25) is 0 Å². The van der Waals surface area contributed by atoms with Gasteiger partial charge in [-0.05, 0) is 98.7 Å². The molecule has 0 unspecified atom stereocenters. The second-order valence-electron chi connectivity index (χ2n) is 10.8. The summed E-state index contributed by atoms with van der Waals surface area (Å²) >= 11 is 0. The number of aromatic hydroxyl groups is 2. The molecule has 4 aromatic carbocycles. The van der Waals surface area contributed by atoms with Crippen molar-refractivity contribution < 1.29 is 22.6 Å². The van der Waals surface area contributed by atoms with Crippen LogP contribution in [0.3, 0.4) is 0 Å². The van der Waals surface area contributed by atoms with E-state index in [0.717, 1.165) is 36.0 Å². The molecule has 4 heteroatoms. The molecular formula is C36H44ClO2P. The molecule has 0 fully saturated rings. The monoisotopic (exact) mass is 574 g/mol. The van der Waals surface area contributed by atoms with Crippen LogP contribution in [0.4, 0.5) is 0 Å². The van der Waals surface area contributed by atoms with Crippen molar-refractivity contribution >= 4 is 23.2 Å². The Morgan fingerprint density at radius 3 is 1.38 bits per heavy atom. The predicted octanol–water partition coefficient (Wildman–Crippen LogP) is 5.38. The van der Waals surface area contributed by atoms with Gasteiger partial charge in [0, 0.05) is 0 Å². The van der Waals surface area contributed by atoms with Crippen molar-refractivity contribution in [3.63, 3.8) is 0 Å². The highest BCUT2D eigenvalue weighted by Crippen LogP contribution is 2.56. The van der Waals surface area contributed by atoms with Crippen LogP contribution in [-0.2, 0) is 6.42 Å². The zero-order valence-electron chi connectivity index (χ0n) is 24.0. The van der Waals surface area contributed by atoms with Gasteiger partial charge in [0.1, 0.15) is 34.7 Å². The van der Waals surface area contributed by atoms with Gasteiger partial charge in [-0.2, -0.15) is 0 Å². The zero-order valence-corrected chi connectivity index (χ0v) is 25.7. The topological polar surface area (TPSA) is 40.5 Å². The van der Waals surface area contributed by atoms with Gasteiger partial charge in [-0.25, -0.2) is 0 Å². The van der Waals surface area contributed by atoms with Crippen LogP contribution in [-0.4, -0.2) is 16.4 Å². The summed E-state index contributed by atoms with van der Waals surface area (Å²) in [6.07, 6.45) is 11.8. The van der Waals surface area contributed by atoms with Gasteiger partial charge in [0.2, 0.25) is 0 Å². The minimum atomic E-state index is -1.71. The fourth-order valence-electron chi connectivity index (χ4n) is 5.75. The lowest BCUT2D eigenvalue weighted by Gasteiger charge is -2.27. The van der Waals surface area contributed by atoms with E-state index in [1.54, 1.807) is 6.07 Å². The Bertz CT molecular complexity index is 1200. The summed E-state index contributed by atoms with van der Waals surface area (Å²) in [5.41, 5.74) is 2.44. The number of aryl methyl sites for hydroxylation is 1. The third-order valence-electron chi connectivity index (χ3n) is 8.20. The van der Waals surface area contributed by atoms with Gasteiger partial charge >= 0.3 is 0 Å². The SMILES string of the molecule is Cc1c(O)cc(CCCCCCCCCC[P+](c2ccccc2)(c2ccccc2)c2ccccc2)c(O)c1C.[Cl-]. The summed E-state index contributed by atoms with van der Waals surface area (Å²) in [5.74, 6) is 0.643. The fourth-order valence-corrected chi connectivity index (χ4v) is 10.2. The Morgan fingerprint density at radius 1 is 0.525 bits per heavy atom. The number of hydrogen-bond donors (Lipinski definition) is 2. The number of hydrogen-bond acceptors (Lipinski definition) is 2. The standard InChI is InChI=1S/C36H43O2P.ClH/c1-29-30(2)36(38)31(28-35(29)37)20-12-7-5-3-4-6-8-19-27-39(32-21-13-9-14-22-32,33-23-15-10-16-24-33)34-25-17-11-18-26-34;/h9-11,13-18,21-26,28H,3-8,12,19-20,27H2,1-2H3,(H-,37,38);1H. The summed E-state index contributed by atoms with van der Waals surface area (Å²) in [4.78, 5) is 0. The number of rotatable bonds is 14. The maximum absolute atomic E-state index is 10.4. The van der Waals surface area contributed by atoms with Crippen LogP contribution in [0, 0.1) is 13.8 Å². The van der Waals surface area contributed by atoms with Crippen LogP contribution >= 0.6 is 7.26 Å². The number of benzene rings is 4. The summed E-state index contributed by atoms with van der Waals surface area (Å²) in [6, 6.07) is 35.3. The molecule has 0 aliphatic carbocycles. The van der Waals surface area contributed by atoms with Crippen molar-refractivity contribution in [2.24, 2.45) is 0 Å². The average Bonchev–Trinajstić information content (AvgIpc) is 2.99. The Balaban J connectivity index is 0.00000441. The van der Waals surface area contributed by atoms with Gasteiger partial charge in [0.25, 0.3) is 0 Å². The van der Waals surface area contributed by atoms with E-state index in [2.05, 4.69) is 91.0 Å². The number of unbranched alkanes of at least 4 members (excludes halogenated alkanes) is 7. The first-order valence-corrected chi connectivity index (χ1v) is 16.6.